The second-order valence-electron chi connectivity index (χ2n) is 5.80. The van der Waals surface area contributed by atoms with Crippen molar-refractivity contribution < 1.29 is 24.4 Å². The quantitative estimate of drug-likeness (QED) is 0.489. The normalized spacial score (nSPS) is 17.3. The van der Waals surface area contributed by atoms with Crippen molar-refractivity contribution in [1.82, 2.24) is 4.90 Å². The summed E-state index contributed by atoms with van der Waals surface area (Å²) in [6, 6.07) is 4.41. The highest BCUT2D eigenvalue weighted by atomic mass is 16.6. The van der Waals surface area contributed by atoms with Crippen LogP contribution in [0.4, 0.5) is 16.2 Å². The van der Waals surface area contributed by atoms with E-state index >= 15 is 0 Å². The Kier molecular flexibility index (Phi) is 5.79. The molecule has 0 bridgehead atoms. The van der Waals surface area contributed by atoms with Crippen molar-refractivity contribution in [3.8, 4) is 0 Å². The van der Waals surface area contributed by atoms with Crippen LogP contribution in [0.2, 0.25) is 0 Å². The van der Waals surface area contributed by atoms with Gasteiger partial charge in [-0.25, -0.2) is 4.79 Å². The maximum atomic E-state index is 11.4. The van der Waals surface area contributed by atoms with E-state index in [1.54, 1.807) is 12.1 Å². The molecule has 1 aromatic rings. The minimum Gasteiger partial charge on any atom is -0.465 e. The van der Waals surface area contributed by atoms with E-state index < -0.39 is 23.0 Å². The number of anilines is 1. The smallest absolute Gasteiger partial charge is 0.407 e. The number of rotatable bonds is 5. The third-order valence-electron chi connectivity index (χ3n) is 4.21. The largest absolute Gasteiger partial charge is 0.465 e. The molecule has 1 aromatic carbocycles. The molecule has 1 heterocycles. The lowest BCUT2D eigenvalue weighted by molar-refractivity contribution is -0.385. The zero-order valence-corrected chi connectivity index (χ0v) is 14.2. The summed E-state index contributed by atoms with van der Waals surface area (Å²) < 4.78 is 4.98. The first kappa shape index (κ1) is 18.5. The van der Waals surface area contributed by atoms with Crippen molar-refractivity contribution in [2.45, 2.75) is 26.3 Å². The number of hydrogen-bond acceptors (Lipinski definition) is 6. The molecule has 0 aromatic heterocycles. The highest BCUT2D eigenvalue weighted by Crippen LogP contribution is 2.27. The van der Waals surface area contributed by atoms with Crippen LogP contribution in [-0.4, -0.2) is 59.3 Å². The number of carboxylic acid groups (broad SMARTS) is 1. The lowest BCUT2D eigenvalue weighted by Crippen LogP contribution is -2.56. The summed E-state index contributed by atoms with van der Waals surface area (Å²) in [4.78, 5) is 36.3. The van der Waals surface area contributed by atoms with Gasteiger partial charge in [-0.15, -0.1) is 0 Å². The molecule has 25 heavy (non-hydrogen) atoms. The second kappa shape index (κ2) is 7.82. The van der Waals surface area contributed by atoms with Crippen molar-refractivity contribution in [1.29, 1.82) is 0 Å². The molecule has 1 amide bonds. The zero-order valence-electron chi connectivity index (χ0n) is 14.2. The van der Waals surface area contributed by atoms with E-state index in [1.165, 1.54) is 17.9 Å². The number of hydrogen-bond donors (Lipinski definition) is 1. The van der Waals surface area contributed by atoms with Crippen LogP contribution in [0, 0.1) is 10.1 Å². The molecule has 1 atom stereocenters. The Hall–Kier alpha value is -2.84. The van der Waals surface area contributed by atoms with Gasteiger partial charge < -0.3 is 14.7 Å². The van der Waals surface area contributed by atoms with Gasteiger partial charge in [0.2, 0.25) is 0 Å². The molecule has 2 rings (SSSR count). The number of amides is 1. The molecular formula is C16H21N3O6. The predicted octanol–water partition coefficient (Wildman–Crippen LogP) is 1.89. The van der Waals surface area contributed by atoms with Gasteiger partial charge in [-0.3, -0.25) is 19.8 Å². The van der Waals surface area contributed by atoms with E-state index in [2.05, 4.69) is 0 Å². The van der Waals surface area contributed by atoms with E-state index in [-0.39, 0.29) is 18.8 Å². The van der Waals surface area contributed by atoms with Gasteiger partial charge in [0.05, 0.1) is 11.0 Å². The van der Waals surface area contributed by atoms with E-state index in [0.717, 1.165) is 5.69 Å². The van der Waals surface area contributed by atoms with Crippen LogP contribution in [0.1, 0.15) is 19.4 Å². The molecular weight excluding hydrogens is 330 g/mol. The van der Waals surface area contributed by atoms with E-state index in [1.807, 2.05) is 11.8 Å². The number of aryl methyl sites for hydroxylation is 1. The van der Waals surface area contributed by atoms with E-state index in [9.17, 15) is 24.8 Å². The molecule has 1 aliphatic rings. The zero-order chi connectivity index (χ0) is 18.6. The van der Waals surface area contributed by atoms with Gasteiger partial charge in [-0.1, -0.05) is 6.92 Å². The van der Waals surface area contributed by atoms with Gasteiger partial charge in [-0.2, -0.15) is 0 Å². The van der Waals surface area contributed by atoms with Crippen LogP contribution in [0.15, 0.2) is 18.2 Å². The standard InChI is InChI=1S/C16H21N3O6/c1-3-12-8-13(4-5-15(12)19(23)24)17-6-7-18(16(21)22)14(9-17)10-25-11(2)20/h4-5,8,14H,3,6-7,9-10H2,1-2H3,(H,21,22)/t14-/m1/s1. The Morgan fingerprint density at radius 2 is 2.12 bits per heavy atom. The van der Waals surface area contributed by atoms with Crippen LogP contribution in [-0.2, 0) is 16.0 Å². The molecule has 0 radical (unpaired) electrons. The van der Waals surface area contributed by atoms with Crippen LogP contribution in [0.3, 0.4) is 0 Å². The molecule has 9 nitrogen and oxygen atoms in total. The lowest BCUT2D eigenvalue weighted by atomic mass is 10.1. The third kappa shape index (κ3) is 4.37. The van der Waals surface area contributed by atoms with Gasteiger partial charge in [0.25, 0.3) is 5.69 Å². The average Bonchev–Trinajstić information content (AvgIpc) is 2.58. The van der Waals surface area contributed by atoms with Gasteiger partial charge in [0.15, 0.2) is 0 Å². The van der Waals surface area contributed by atoms with Crippen LogP contribution in [0.25, 0.3) is 0 Å². The van der Waals surface area contributed by atoms with Crippen molar-refractivity contribution in [3.05, 3.63) is 33.9 Å². The first-order valence-electron chi connectivity index (χ1n) is 7.98. The predicted molar refractivity (Wildman–Crippen MR) is 89.8 cm³/mol. The van der Waals surface area contributed by atoms with Crippen LogP contribution in [0.5, 0.6) is 0 Å². The number of ether oxygens (including phenoxy) is 1. The molecule has 136 valence electrons. The number of carbonyl (C=O) groups is 2. The van der Waals surface area contributed by atoms with Gasteiger partial charge in [-0.05, 0) is 18.6 Å². The number of nitrogens with zero attached hydrogens (tertiary/aromatic N) is 3. The highest BCUT2D eigenvalue weighted by molar-refractivity contribution is 5.67. The van der Waals surface area contributed by atoms with Gasteiger partial charge in [0, 0.05) is 43.9 Å². The molecule has 0 unspecified atom stereocenters. The minimum atomic E-state index is -1.06. The summed E-state index contributed by atoms with van der Waals surface area (Å²) in [5.74, 6) is -0.467. The van der Waals surface area contributed by atoms with Crippen molar-refractivity contribution in [2.24, 2.45) is 0 Å². The van der Waals surface area contributed by atoms with E-state index in [0.29, 0.717) is 25.1 Å². The number of nitro benzene ring substituents is 1. The number of esters is 1. The fourth-order valence-electron chi connectivity index (χ4n) is 2.93. The molecule has 0 saturated carbocycles. The molecule has 1 aliphatic heterocycles. The summed E-state index contributed by atoms with van der Waals surface area (Å²) in [5.41, 5.74) is 1.49. The Morgan fingerprint density at radius 1 is 1.40 bits per heavy atom. The minimum absolute atomic E-state index is 0.0221. The fourth-order valence-corrected chi connectivity index (χ4v) is 2.93. The Bertz CT molecular complexity index is 678. The van der Waals surface area contributed by atoms with Gasteiger partial charge in [0.1, 0.15) is 6.61 Å². The summed E-state index contributed by atoms with van der Waals surface area (Å²) in [7, 11) is 0. The van der Waals surface area contributed by atoms with Gasteiger partial charge >= 0.3 is 12.1 Å². The van der Waals surface area contributed by atoms with Crippen molar-refractivity contribution >= 4 is 23.4 Å². The van der Waals surface area contributed by atoms with E-state index in [4.69, 9.17) is 4.74 Å². The Balaban J connectivity index is 2.21. The SMILES string of the molecule is CCc1cc(N2CCN(C(=O)O)[C@@H](COC(C)=O)C2)ccc1[N+](=O)[O-]. The first-order chi connectivity index (χ1) is 11.8. The molecule has 0 aliphatic carbocycles. The molecule has 0 spiro atoms. The number of benzene rings is 1. The summed E-state index contributed by atoms with van der Waals surface area (Å²) in [6.07, 6.45) is -0.536. The van der Waals surface area contributed by atoms with Crippen LogP contribution < -0.4 is 4.90 Å². The highest BCUT2D eigenvalue weighted by Gasteiger charge is 2.31. The van der Waals surface area contributed by atoms with Crippen LogP contribution >= 0.6 is 0 Å². The molecule has 9 heteroatoms. The first-order valence-corrected chi connectivity index (χ1v) is 7.98. The number of piperazine rings is 1. The molecule has 1 fully saturated rings. The maximum Gasteiger partial charge on any atom is 0.407 e. The van der Waals surface area contributed by atoms with Crippen molar-refractivity contribution in [2.75, 3.05) is 31.1 Å². The summed E-state index contributed by atoms with van der Waals surface area (Å²) >= 11 is 0. The molecule has 1 N–H and O–H groups in total. The monoisotopic (exact) mass is 351 g/mol. The topological polar surface area (TPSA) is 113 Å². The lowest BCUT2D eigenvalue weighted by Gasteiger charge is -2.40. The third-order valence-corrected chi connectivity index (χ3v) is 4.21. The second-order valence-corrected chi connectivity index (χ2v) is 5.80. The number of nitro groups is 1. The molecule has 1 saturated heterocycles. The Morgan fingerprint density at radius 3 is 2.68 bits per heavy atom. The maximum absolute atomic E-state index is 11.4. The number of carbonyl (C=O) groups excluding carboxylic acids is 1. The fraction of sp³-hybridized carbons (Fsp3) is 0.500. The summed E-state index contributed by atoms with van der Waals surface area (Å²) in [5, 5.41) is 20.4. The van der Waals surface area contributed by atoms with Crippen molar-refractivity contribution in [3.63, 3.8) is 0 Å². The Labute approximate surface area is 144 Å². The summed E-state index contributed by atoms with van der Waals surface area (Å²) in [6.45, 7) is 4.17. The average molecular weight is 351 g/mol.